The molecule has 3 rings (SSSR count). The number of hydrogen-bond acceptors (Lipinski definition) is 5. The van der Waals surface area contributed by atoms with Gasteiger partial charge in [-0.25, -0.2) is 0 Å². The maximum atomic E-state index is 4.65. The molecule has 1 atom stereocenters. The molecular formula is C25H38IN5. The van der Waals surface area contributed by atoms with Crippen LogP contribution in [0.2, 0.25) is 0 Å². The van der Waals surface area contributed by atoms with E-state index in [1.807, 2.05) is 12.3 Å². The van der Waals surface area contributed by atoms with Gasteiger partial charge in [0.1, 0.15) is 0 Å². The Morgan fingerprint density at radius 3 is 2.84 bits per heavy atom. The van der Waals surface area contributed by atoms with Gasteiger partial charge in [-0.3, -0.25) is 13.4 Å². The van der Waals surface area contributed by atoms with Crippen LogP contribution in [0.1, 0.15) is 36.1 Å². The Kier molecular flexibility index (Phi) is 11.2. The van der Waals surface area contributed by atoms with Crippen LogP contribution in [0.25, 0.3) is 0 Å². The number of hydrogen-bond donors (Lipinski definition) is 2. The number of aryl methyl sites for hydroxylation is 2. The molecule has 1 aliphatic heterocycles. The number of halogens is 1. The predicted octanol–water partition coefficient (Wildman–Crippen LogP) is 3.82. The van der Waals surface area contributed by atoms with Crippen LogP contribution in [0, 0.1) is 6.92 Å². The van der Waals surface area contributed by atoms with E-state index in [0.717, 1.165) is 45.8 Å². The molecule has 1 fully saturated rings. The zero-order chi connectivity index (χ0) is 21.7. The van der Waals surface area contributed by atoms with Gasteiger partial charge in [0.05, 0.1) is 5.69 Å². The predicted molar refractivity (Wildman–Crippen MR) is 139 cm³/mol. The summed E-state index contributed by atoms with van der Waals surface area (Å²) >= 11 is 2.24. The largest absolute Gasteiger partial charge is 0.310 e. The van der Waals surface area contributed by atoms with Crippen LogP contribution in [-0.2, 0) is 13.0 Å². The van der Waals surface area contributed by atoms with Crippen molar-refractivity contribution in [1.29, 1.82) is 0 Å². The van der Waals surface area contributed by atoms with Gasteiger partial charge in [0, 0.05) is 74.4 Å². The fourth-order valence-electron chi connectivity index (χ4n) is 4.34. The maximum Gasteiger partial charge on any atom is 0.0573 e. The molecule has 5 nitrogen and oxygen atoms in total. The molecule has 0 bridgehead atoms. The van der Waals surface area contributed by atoms with Crippen LogP contribution in [0.3, 0.4) is 0 Å². The van der Waals surface area contributed by atoms with Crippen LogP contribution in [0.5, 0.6) is 0 Å². The van der Waals surface area contributed by atoms with E-state index in [0.29, 0.717) is 6.04 Å². The van der Waals surface area contributed by atoms with Crippen molar-refractivity contribution >= 4 is 22.9 Å². The van der Waals surface area contributed by atoms with Crippen molar-refractivity contribution < 1.29 is 0 Å². The molecule has 0 aliphatic carbocycles. The number of nitrogens with one attached hydrogen (secondary N) is 2. The lowest BCUT2D eigenvalue weighted by Crippen LogP contribution is -2.55. The lowest BCUT2D eigenvalue weighted by molar-refractivity contribution is 0.152. The third kappa shape index (κ3) is 9.14. The van der Waals surface area contributed by atoms with Crippen molar-refractivity contribution in [3.8, 4) is 0 Å². The summed E-state index contributed by atoms with van der Waals surface area (Å²) in [6.07, 6.45) is 6.76. The van der Waals surface area contributed by atoms with Gasteiger partial charge in [-0.15, -0.1) is 0 Å². The highest BCUT2D eigenvalue weighted by Gasteiger charge is 2.22. The lowest BCUT2D eigenvalue weighted by Gasteiger charge is -2.36. The Morgan fingerprint density at radius 2 is 2.03 bits per heavy atom. The van der Waals surface area contributed by atoms with Crippen LogP contribution in [-0.4, -0.2) is 66.6 Å². The normalized spacial score (nSPS) is 17.3. The molecule has 0 amide bonds. The molecule has 2 N–H and O–H groups in total. The van der Waals surface area contributed by atoms with Gasteiger partial charge in [0.25, 0.3) is 0 Å². The second-order valence-corrected chi connectivity index (χ2v) is 9.40. The smallest absolute Gasteiger partial charge is 0.0573 e. The zero-order valence-electron chi connectivity index (χ0n) is 18.9. The highest BCUT2D eigenvalue weighted by Crippen LogP contribution is 2.11. The van der Waals surface area contributed by atoms with Crippen molar-refractivity contribution in [2.24, 2.45) is 0 Å². The number of rotatable bonds is 13. The molecular weight excluding hydrogens is 497 g/mol. The number of piperazine rings is 1. The van der Waals surface area contributed by atoms with E-state index < -0.39 is 0 Å². The van der Waals surface area contributed by atoms with Crippen molar-refractivity contribution in [1.82, 2.24) is 23.6 Å². The number of aromatic nitrogens is 1. The highest BCUT2D eigenvalue weighted by atomic mass is 127. The van der Waals surface area contributed by atoms with Gasteiger partial charge in [-0.05, 0) is 62.9 Å². The minimum absolute atomic E-state index is 0.525. The van der Waals surface area contributed by atoms with Gasteiger partial charge >= 0.3 is 0 Å². The van der Waals surface area contributed by atoms with Gasteiger partial charge in [-0.2, -0.15) is 0 Å². The molecule has 2 heterocycles. The van der Waals surface area contributed by atoms with E-state index in [9.17, 15) is 0 Å². The van der Waals surface area contributed by atoms with Crippen molar-refractivity contribution in [2.45, 2.75) is 45.2 Å². The molecule has 1 saturated heterocycles. The molecule has 0 radical (unpaired) electrons. The van der Waals surface area contributed by atoms with E-state index in [-0.39, 0.29) is 0 Å². The molecule has 1 aromatic carbocycles. The van der Waals surface area contributed by atoms with Crippen LogP contribution in [0.4, 0.5) is 0 Å². The van der Waals surface area contributed by atoms with Gasteiger partial charge in [-0.1, -0.05) is 36.4 Å². The molecule has 1 aromatic heterocycles. The molecule has 31 heavy (non-hydrogen) atoms. The monoisotopic (exact) mass is 535 g/mol. The Morgan fingerprint density at radius 1 is 1.16 bits per heavy atom. The van der Waals surface area contributed by atoms with E-state index in [2.05, 4.69) is 89.8 Å². The average Bonchev–Trinajstić information content (AvgIpc) is 2.79. The first-order chi connectivity index (χ1) is 15.2. The first-order valence-electron chi connectivity index (χ1n) is 11.7. The quantitative estimate of drug-likeness (QED) is 0.232. The summed E-state index contributed by atoms with van der Waals surface area (Å²) in [5.74, 6) is 0. The third-order valence-corrected chi connectivity index (χ3v) is 6.63. The fourth-order valence-corrected chi connectivity index (χ4v) is 4.72. The first-order valence-corrected chi connectivity index (χ1v) is 12.8. The number of benzene rings is 1. The summed E-state index contributed by atoms with van der Waals surface area (Å²) in [6.45, 7) is 11.0. The van der Waals surface area contributed by atoms with Crippen LogP contribution >= 0.6 is 22.9 Å². The van der Waals surface area contributed by atoms with Crippen molar-refractivity contribution in [3.63, 3.8) is 0 Å². The summed E-state index contributed by atoms with van der Waals surface area (Å²) in [5.41, 5.74) is 3.96. The lowest BCUT2D eigenvalue weighted by atomic mass is 10.1. The topological polar surface area (TPSA) is 43.4 Å². The summed E-state index contributed by atoms with van der Waals surface area (Å²) < 4.78 is 3.24. The van der Waals surface area contributed by atoms with E-state index in [4.69, 9.17) is 0 Å². The molecule has 0 spiro atoms. The zero-order valence-corrected chi connectivity index (χ0v) is 21.1. The Labute approximate surface area is 202 Å². The number of unbranched alkanes of at least 4 members (excludes halogenated alkanes) is 1. The molecule has 0 saturated carbocycles. The minimum Gasteiger partial charge on any atom is -0.310 e. The molecule has 0 unspecified atom stereocenters. The van der Waals surface area contributed by atoms with Crippen molar-refractivity contribution in [3.05, 3.63) is 65.5 Å². The summed E-state index contributed by atoms with van der Waals surface area (Å²) in [5, 5.41) is 3.77. The Hall–Kier alpha value is -1.06. The van der Waals surface area contributed by atoms with Crippen LogP contribution in [0.15, 0.2) is 48.7 Å². The van der Waals surface area contributed by atoms with E-state index >= 15 is 0 Å². The van der Waals surface area contributed by atoms with Crippen LogP contribution < -0.4 is 8.85 Å². The molecule has 1 aliphatic rings. The van der Waals surface area contributed by atoms with E-state index in [1.165, 1.54) is 49.0 Å². The van der Waals surface area contributed by atoms with E-state index in [1.54, 1.807) is 0 Å². The number of pyridine rings is 1. The van der Waals surface area contributed by atoms with Gasteiger partial charge < -0.3 is 10.2 Å². The standard InChI is InChI=1S/C25H38IN5/c1-22-9-7-13-28-25(22)21-31(16-6-5-14-29-26)20-24-19-30(18-15-27-24)17-8-12-23-10-3-2-4-11-23/h2-4,7,9-11,13,24,27,29H,5-6,8,12,14-21H2,1H3/t24-/m0/s1. The average molecular weight is 536 g/mol. The highest BCUT2D eigenvalue weighted by molar-refractivity contribution is 14.1. The molecule has 170 valence electrons. The second kappa shape index (κ2) is 14.2. The maximum absolute atomic E-state index is 4.65. The molecule has 2 aromatic rings. The fraction of sp³-hybridized carbons (Fsp3) is 0.560. The SMILES string of the molecule is Cc1cccnc1CN(CCCCNI)C[C@@H]1CN(CCCc2ccccc2)CCN1. The first kappa shape index (κ1) is 24.6. The third-order valence-electron chi connectivity index (χ3n) is 6.09. The Balaban J connectivity index is 1.49. The van der Waals surface area contributed by atoms with Crippen molar-refractivity contribution in [2.75, 3.05) is 45.8 Å². The van der Waals surface area contributed by atoms with Gasteiger partial charge in [0.15, 0.2) is 0 Å². The molecule has 6 heteroatoms. The van der Waals surface area contributed by atoms with Gasteiger partial charge in [0.2, 0.25) is 0 Å². The Bertz CT molecular complexity index is 742. The summed E-state index contributed by atoms with van der Waals surface area (Å²) in [7, 11) is 0. The number of nitrogens with zero attached hydrogens (tertiary/aromatic N) is 3. The summed E-state index contributed by atoms with van der Waals surface area (Å²) in [6, 6.07) is 15.6. The summed E-state index contributed by atoms with van der Waals surface area (Å²) in [4.78, 5) is 9.91. The second-order valence-electron chi connectivity index (χ2n) is 8.63. The minimum atomic E-state index is 0.525.